The second-order valence-corrected chi connectivity index (χ2v) is 4.53. The van der Waals surface area contributed by atoms with Crippen LogP contribution in [0, 0.1) is 13.8 Å². The first-order chi connectivity index (χ1) is 9.11. The average Bonchev–Trinajstić information content (AvgIpc) is 2.44. The minimum Gasteiger partial charge on any atom is -0.388 e. The van der Waals surface area contributed by atoms with Gasteiger partial charge in [-0.15, -0.1) is 0 Å². The number of rotatable bonds is 3. The molecule has 0 atom stereocenters. The van der Waals surface area contributed by atoms with Gasteiger partial charge in [0.15, 0.2) is 0 Å². The maximum Gasteiger partial charge on any atom is 0.255 e. The monoisotopic (exact) mass is 254 g/mol. The molecule has 0 aliphatic rings. The van der Waals surface area contributed by atoms with Gasteiger partial charge in [-0.25, -0.2) is 0 Å². The first-order valence-corrected chi connectivity index (χ1v) is 6.27. The summed E-state index contributed by atoms with van der Waals surface area (Å²) in [5.74, 6) is -0.0919. The Bertz CT molecular complexity index is 605. The van der Waals surface area contributed by atoms with E-state index in [0.717, 1.165) is 16.9 Å². The fourth-order valence-corrected chi connectivity index (χ4v) is 1.90. The lowest BCUT2D eigenvalue weighted by Crippen LogP contribution is -2.13. The van der Waals surface area contributed by atoms with Crippen LogP contribution in [0.15, 0.2) is 42.5 Å². The minimum atomic E-state index is -0.0919. The summed E-state index contributed by atoms with van der Waals surface area (Å²) in [6, 6.07) is 13.3. The van der Waals surface area contributed by atoms with E-state index in [-0.39, 0.29) is 5.91 Å². The highest BCUT2D eigenvalue weighted by molar-refractivity contribution is 6.05. The molecule has 2 aromatic carbocycles. The molecule has 0 aliphatic carbocycles. The van der Waals surface area contributed by atoms with E-state index >= 15 is 0 Å². The van der Waals surface area contributed by atoms with Crippen molar-refractivity contribution < 1.29 is 4.79 Å². The van der Waals surface area contributed by atoms with E-state index in [9.17, 15) is 4.79 Å². The molecule has 3 heteroatoms. The van der Waals surface area contributed by atoms with Crippen LogP contribution in [-0.4, -0.2) is 13.0 Å². The van der Waals surface area contributed by atoms with Crippen LogP contribution in [0.5, 0.6) is 0 Å². The quantitative estimate of drug-likeness (QED) is 0.878. The van der Waals surface area contributed by atoms with Crippen LogP contribution < -0.4 is 10.6 Å². The second kappa shape index (κ2) is 5.57. The van der Waals surface area contributed by atoms with Crippen LogP contribution in [0.4, 0.5) is 11.4 Å². The summed E-state index contributed by atoms with van der Waals surface area (Å²) in [6.45, 7) is 4.04. The summed E-state index contributed by atoms with van der Waals surface area (Å²) in [4.78, 5) is 12.2. The van der Waals surface area contributed by atoms with Crippen LogP contribution in [0.3, 0.4) is 0 Å². The van der Waals surface area contributed by atoms with Crippen LogP contribution in [0.1, 0.15) is 21.5 Å². The van der Waals surface area contributed by atoms with Crippen molar-refractivity contribution in [1.82, 2.24) is 0 Å². The molecule has 2 aromatic rings. The maximum atomic E-state index is 12.2. The van der Waals surface area contributed by atoms with Crippen LogP contribution in [0.25, 0.3) is 0 Å². The lowest BCUT2D eigenvalue weighted by Gasteiger charge is -2.11. The van der Waals surface area contributed by atoms with Gasteiger partial charge < -0.3 is 10.6 Å². The van der Waals surface area contributed by atoms with Crippen LogP contribution >= 0.6 is 0 Å². The SMILES string of the molecule is CNc1cccc(C(=O)Nc2cccc(C)c2C)c1. The number of hydrogen-bond acceptors (Lipinski definition) is 2. The Balaban J connectivity index is 2.23. The van der Waals surface area contributed by atoms with Crippen molar-refractivity contribution in [3.05, 3.63) is 59.2 Å². The highest BCUT2D eigenvalue weighted by Gasteiger charge is 2.08. The van der Waals surface area contributed by atoms with Gasteiger partial charge in [-0.2, -0.15) is 0 Å². The van der Waals surface area contributed by atoms with Crippen molar-refractivity contribution in [2.45, 2.75) is 13.8 Å². The number of nitrogens with one attached hydrogen (secondary N) is 2. The van der Waals surface area contributed by atoms with E-state index in [2.05, 4.69) is 10.6 Å². The van der Waals surface area contributed by atoms with Gasteiger partial charge in [0.2, 0.25) is 0 Å². The van der Waals surface area contributed by atoms with E-state index in [0.29, 0.717) is 5.56 Å². The molecule has 3 nitrogen and oxygen atoms in total. The minimum absolute atomic E-state index is 0.0919. The molecule has 98 valence electrons. The van der Waals surface area contributed by atoms with Gasteiger partial charge in [0.25, 0.3) is 5.91 Å². The van der Waals surface area contributed by atoms with Crippen molar-refractivity contribution in [3.63, 3.8) is 0 Å². The molecular formula is C16H18N2O. The molecule has 1 amide bonds. The Kier molecular flexibility index (Phi) is 3.85. The van der Waals surface area contributed by atoms with E-state index < -0.39 is 0 Å². The summed E-state index contributed by atoms with van der Waals surface area (Å²) in [7, 11) is 1.84. The number of anilines is 2. The molecule has 0 bridgehead atoms. The van der Waals surface area contributed by atoms with Crippen LogP contribution in [-0.2, 0) is 0 Å². The second-order valence-electron chi connectivity index (χ2n) is 4.53. The van der Waals surface area contributed by atoms with Gasteiger partial charge in [-0.3, -0.25) is 4.79 Å². The highest BCUT2D eigenvalue weighted by Crippen LogP contribution is 2.19. The molecule has 0 radical (unpaired) electrons. The molecule has 19 heavy (non-hydrogen) atoms. The summed E-state index contributed by atoms with van der Waals surface area (Å²) in [5, 5.41) is 5.98. The smallest absolute Gasteiger partial charge is 0.255 e. The predicted molar refractivity (Wildman–Crippen MR) is 79.9 cm³/mol. The van der Waals surface area contributed by atoms with Gasteiger partial charge in [0.1, 0.15) is 0 Å². The molecule has 2 rings (SSSR count). The standard InChI is InChI=1S/C16H18N2O/c1-11-6-4-9-15(12(11)2)18-16(19)13-7-5-8-14(10-13)17-3/h4-10,17H,1-3H3,(H,18,19). The number of hydrogen-bond donors (Lipinski definition) is 2. The Hall–Kier alpha value is -2.29. The van der Waals surface area contributed by atoms with Crippen molar-refractivity contribution in [2.75, 3.05) is 17.7 Å². The van der Waals surface area contributed by atoms with E-state index in [1.807, 2.05) is 57.3 Å². The Morgan fingerprint density at radius 1 is 1.05 bits per heavy atom. The summed E-state index contributed by atoms with van der Waals surface area (Å²) in [5.41, 5.74) is 4.70. The summed E-state index contributed by atoms with van der Waals surface area (Å²) >= 11 is 0. The number of amides is 1. The zero-order chi connectivity index (χ0) is 13.8. The Labute approximate surface area is 113 Å². The van der Waals surface area contributed by atoms with Gasteiger partial charge >= 0.3 is 0 Å². The fraction of sp³-hybridized carbons (Fsp3) is 0.188. The molecular weight excluding hydrogens is 236 g/mol. The molecule has 0 unspecified atom stereocenters. The number of benzene rings is 2. The fourth-order valence-electron chi connectivity index (χ4n) is 1.90. The highest BCUT2D eigenvalue weighted by atomic mass is 16.1. The molecule has 0 aromatic heterocycles. The zero-order valence-corrected chi connectivity index (χ0v) is 11.4. The molecule has 0 saturated carbocycles. The molecule has 0 heterocycles. The number of carbonyl (C=O) groups is 1. The zero-order valence-electron chi connectivity index (χ0n) is 11.4. The van der Waals surface area contributed by atoms with E-state index in [1.165, 1.54) is 5.56 Å². The van der Waals surface area contributed by atoms with Gasteiger partial charge in [-0.1, -0.05) is 18.2 Å². The first kappa shape index (κ1) is 13.1. The Morgan fingerprint density at radius 2 is 1.79 bits per heavy atom. The Morgan fingerprint density at radius 3 is 2.53 bits per heavy atom. The summed E-state index contributed by atoms with van der Waals surface area (Å²) < 4.78 is 0. The molecule has 0 aliphatic heterocycles. The largest absolute Gasteiger partial charge is 0.388 e. The van der Waals surface area contributed by atoms with Crippen molar-refractivity contribution in [2.24, 2.45) is 0 Å². The lowest BCUT2D eigenvalue weighted by molar-refractivity contribution is 0.102. The van der Waals surface area contributed by atoms with Crippen molar-refractivity contribution >= 4 is 17.3 Å². The molecule has 0 spiro atoms. The van der Waals surface area contributed by atoms with E-state index in [4.69, 9.17) is 0 Å². The first-order valence-electron chi connectivity index (χ1n) is 6.27. The molecule has 0 saturated heterocycles. The maximum absolute atomic E-state index is 12.2. The normalized spacial score (nSPS) is 10.1. The predicted octanol–water partition coefficient (Wildman–Crippen LogP) is 3.60. The van der Waals surface area contributed by atoms with Gasteiger partial charge in [-0.05, 0) is 49.2 Å². The summed E-state index contributed by atoms with van der Waals surface area (Å²) in [6.07, 6.45) is 0. The number of carbonyl (C=O) groups excluding carboxylic acids is 1. The topological polar surface area (TPSA) is 41.1 Å². The third kappa shape index (κ3) is 2.94. The van der Waals surface area contributed by atoms with Gasteiger partial charge in [0, 0.05) is 24.0 Å². The molecule has 0 fully saturated rings. The van der Waals surface area contributed by atoms with Crippen molar-refractivity contribution in [3.8, 4) is 0 Å². The number of aryl methyl sites for hydroxylation is 1. The van der Waals surface area contributed by atoms with E-state index in [1.54, 1.807) is 6.07 Å². The molecule has 2 N–H and O–H groups in total. The third-order valence-electron chi connectivity index (χ3n) is 3.27. The average molecular weight is 254 g/mol. The lowest BCUT2D eigenvalue weighted by atomic mass is 10.1. The van der Waals surface area contributed by atoms with Crippen LogP contribution in [0.2, 0.25) is 0 Å². The van der Waals surface area contributed by atoms with Crippen molar-refractivity contribution in [1.29, 1.82) is 0 Å². The third-order valence-corrected chi connectivity index (χ3v) is 3.27. The van der Waals surface area contributed by atoms with Gasteiger partial charge in [0.05, 0.1) is 0 Å².